The molecule has 1 aromatic rings. The Hall–Kier alpha value is -2.15. The highest BCUT2D eigenvalue weighted by Gasteiger charge is 2.24. The van der Waals surface area contributed by atoms with Gasteiger partial charge in [0.05, 0.1) is 12.2 Å². The van der Waals surface area contributed by atoms with Crippen LogP contribution in [0.3, 0.4) is 0 Å². The van der Waals surface area contributed by atoms with Crippen molar-refractivity contribution < 1.29 is 9.59 Å². The van der Waals surface area contributed by atoms with E-state index < -0.39 is 11.9 Å². The summed E-state index contributed by atoms with van der Waals surface area (Å²) in [6, 6.07) is 4.48. The molecule has 3 amide bonds. The van der Waals surface area contributed by atoms with Crippen molar-refractivity contribution in [3.63, 3.8) is 0 Å². The van der Waals surface area contributed by atoms with Crippen molar-refractivity contribution in [3.05, 3.63) is 30.1 Å². The fraction of sp³-hybridized carbons (Fsp3) is 0.462. The van der Waals surface area contributed by atoms with Crippen molar-refractivity contribution in [2.45, 2.75) is 26.4 Å². The van der Waals surface area contributed by atoms with Crippen LogP contribution in [0.5, 0.6) is 0 Å². The lowest BCUT2D eigenvalue weighted by molar-refractivity contribution is -0.124. The first-order chi connectivity index (χ1) is 9.45. The topological polar surface area (TPSA) is 100 Å². The number of nitrogens with zero attached hydrogens (tertiary/aromatic N) is 2. The average Bonchev–Trinajstić information content (AvgIpc) is 2.44. The average molecular weight is 279 g/mol. The van der Waals surface area contributed by atoms with E-state index in [0.29, 0.717) is 6.54 Å². The van der Waals surface area contributed by atoms with Crippen LogP contribution in [0.2, 0.25) is 0 Å². The molecule has 1 heterocycles. The molecule has 1 aromatic heterocycles. The highest BCUT2D eigenvalue weighted by Crippen LogP contribution is 2.04. The standard InChI is InChI=1S/C13H21N5O2/c1-9(2)11(12(19)17-14)16-13(20)18(3)8-10-6-4-5-7-15-10/h4-7,9,11H,8,14H2,1-3H3,(H,16,20)(H,17,19)/t11-/m0/s1. The maximum absolute atomic E-state index is 12.0. The molecule has 0 aliphatic carbocycles. The molecule has 1 atom stereocenters. The summed E-state index contributed by atoms with van der Waals surface area (Å²) in [4.78, 5) is 29.2. The number of carbonyl (C=O) groups is 2. The third-order valence-electron chi connectivity index (χ3n) is 2.84. The van der Waals surface area contributed by atoms with Crippen LogP contribution in [-0.4, -0.2) is 34.9 Å². The normalized spacial score (nSPS) is 11.8. The molecule has 4 N–H and O–H groups in total. The number of hydrogen-bond acceptors (Lipinski definition) is 4. The fourth-order valence-corrected chi connectivity index (χ4v) is 1.67. The summed E-state index contributed by atoms with van der Waals surface area (Å²) in [5.41, 5.74) is 2.83. The second-order valence-corrected chi connectivity index (χ2v) is 4.86. The largest absolute Gasteiger partial charge is 0.326 e. The van der Waals surface area contributed by atoms with Gasteiger partial charge in [-0.1, -0.05) is 19.9 Å². The van der Waals surface area contributed by atoms with Crippen LogP contribution < -0.4 is 16.6 Å². The van der Waals surface area contributed by atoms with E-state index in [1.807, 2.05) is 32.0 Å². The Morgan fingerprint density at radius 3 is 2.60 bits per heavy atom. The van der Waals surface area contributed by atoms with Gasteiger partial charge in [0.25, 0.3) is 5.91 Å². The van der Waals surface area contributed by atoms with E-state index >= 15 is 0 Å². The summed E-state index contributed by atoms with van der Waals surface area (Å²) in [6.07, 6.45) is 1.67. The second kappa shape index (κ2) is 7.44. The Balaban J connectivity index is 2.62. The molecule has 110 valence electrons. The van der Waals surface area contributed by atoms with Gasteiger partial charge in [0.15, 0.2) is 0 Å². The van der Waals surface area contributed by atoms with Gasteiger partial charge in [-0.25, -0.2) is 10.6 Å². The lowest BCUT2D eigenvalue weighted by atomic mass is 10.0. The molecule has 0 radical (unpaired) electrons. The van der Waals surface area contributed by atoms with Crippen molar-refractivity contribution in [2.24, 2.45) is 11.8 Å². The van der Waals surface area contributed by atoms with E-state index in [1.54, 1.807) is 13.2 Å². The first-order valence-corrected chi connectivity index (χ1v) is 6.37. The van der Waals surface area contributed by atoms with Crippen molar-refractivity contribution in [2.75, 3.05) is 7.05 Å². The summed E-state index contributed by atoms with van der Waals surface area (Å²) < 4.78 is 0. The van der Waals surface area contributed by atoms with Gasteiger partial charge in [0.1, 0.15) is 6.04 Å². The van der Waals surface area contributed by atoms with Gasteiger partial charge >= 0.3 is 6.03 Å². The minimum Gasteiger partial charge on any atom is -0.326 e. The predicted octanol–water partition coefficient (Wildman–Crippen LogP) is 0.238. The third kappa shape index (κ3) is 4.51. The highest BCUT2D eigenvalue weighted by atomic mass is 16.2. The minimum absolute atomic E-state index is 0.0641. The number of urea groups is 1. The monoisotopic (exact) mass is 279 g/mol. The summed E-state index contributed by atoms with van der Waals surface area (Å²) in [5, 5.41) is 2.65. The lowest BCUT2D eigenvalue weighted by Crippen LogP contribution is -2.54. The van der Waals surface area contributed by atoms with E-state index in [2.05, 4.69) is 15.7 Å². The SMILES string of the molecule is CC(C)[C@H](NC(=O)N(C)Cc1ccccn1)C(=O)NN. The number of nitrogens with two attached hydrogens (primary N) is 1. The number of carbonyl (C=O) groups excluding carboxylic acids is 2. The van der Waals surface area contributed by atoms with E-state index in [9.17, 15) is 9.59 Å². The zero-order valence-electron chi connectivity index (χ0n) is 12.0. The molecule has 7 nitrogen and oxygen atoms in total. The van der Waals surface area contributed by atoms with Gasteiger partial charge in [-0.3, -0.25) is 15.2 Å². The number of nitrogens with one attached hydrogen (secondary N) is 2. The lowest BCUT2D eigenvalue weighted by Gasteiger charge is -2.24. The molecule has 0 bridgehead atoms. The predicted molar refractivity (Wildman–Crippen MR) is 75.2 cm³/mol. The molecular weight excluding hydrogens is 258 g/mol. The van der Waals surface area contributed by atoms with Crippen molar-refractivity contribution in [1.29, 1.82) is 0 Å². The van der Waals surface area contributed by atoms with Crippen molar-refractivity contribution in [3.8, 4) is 0 Å². The zero-order chi connectivity index (χ0) is 15.1. The van der Waals surface area contributed by atoms with E-state index in [4.69, 9.17) is 5.84 Å². The molecule has 0 aromatic carbocycles. The highest BCUT2D eigenvalue weighted by molar-refractivity contribution is 5.86. The molecule has 20 heavy (non-hydrogen) atoms. The molecule has 0 fully saturated rings. The van der Waals surface area contributed by atoms with Crippen LogP contribution in [0.4, 0.5) is 4.79 Å². The molecule has 1 rings (SSSR count). The number of amides is 3. The summed E-state index contributed by atoms with van der Waals surface area (Å²) in [6.45, 7) is 4.03. The minimum atomic E-state index is -0.668. The Kier molecular flexibility index (Phi) is 5.92. The molecular formula is C13H21N5O2. The van der Waals surface area contributed by atoms with Crippen LogP contribution in [0.25, 0.3) is 0 Å². The maximum atomic E-state index is 12.0. The van der Waals surface area contributed by atoms with Gasteiger partial charge in [0.2, 0.25) is 0 Å². The molecule has 0 saturated heterocycles. The zero-order valence-corrected chi connectivity index (χ0v) is 12.0. The van der Waals surface area contributed by atoms with Crippen LogP contribution in [0, 0.1) is 5.92 Å². The Labute approximate surface area is 118 Å². The van der Waals surface area contributed by atoms with Gasteiger partial charge in [-0.15, -0.1) is 0 Å². The van der Waals surface area contributed by atoms with Crippen LogP contribution in [0.15, 0.2) is 24.4 Å². The van der Waals surface area contributed by atoms with Crippen LogP contribution >= 0.6 is 0 Å². The summed E-state index contributed by atoms with van der Waals surface area (Å²) in [7, 11) is 1.64. The quantitative estimate of drug-likeness (QED) is 0.408. The molecule has 0 saturated carbocycles. The Morgan fingerprint density at radius 2 is 2.10 bits per heavy atom. The molecule has 0 unspecified atom stereocenters. The summed E-state index contributed by atoms with van der Waals surface area (Å²) >= 11 is 0. The molecule has 0 spiro atoms. The van der Waals surface area contributed by atoms with Crippen molar-refractivity contribution in [1.82, 2.24) is 20.6 Å². The number of hydrazine groups is 1. The van der Waals surface area contributed by atoms with Crippen LogP contribution in [0.1, 0.15) is 19.5 Å². The van der Waals surface area contributed by atoms with Crippen molar-refractivity contribution >= 4 is 11.9 Å². The number of rotatable bonds is 5. The molecule has 7 heteroatoms. The molecule has 0 aliphatic heterocycles. The Bertz CT molecular complexity index is 449. The van der Waals surface area contributed by atoms with Gasteiger partial charge in [0, 0.05) is 13.2 Å². The summed E-state index contributed by atoms with van der Waals surface area (Å²) in [5.74, 6) is 4.63. The van der Waals surface area contributed by atoms with E-state index in [1.165, 1.54) is 4.90 Å². The van der Waals surface area contributed by atoms with E-state index in [0.717, 1.165) is 5.69 Å². The second-order valence-electron chi connectivity index (χ2n) is 4.86. The first-order valence-electron chi connectivity index (χ1n) is 6.37. The Morgan fingerprint density at radius 1 is 1.40 bits per heavy atom. The number of pyridine rings is 1. The maximum Gasteiger partial charge on any atom is 0.318 e. The fourth-order valence-electron chi connectivity index (χ4n) is 1.67. The molecule has 0 aliphatic rings. The first kappa shape index (κ1) is 15.9. The van der Waals surface area contributed by atoms with Gasteiger partial charge in [-0.2, -0.15) is 0 Å². The van der Waals surface area contributed by atoms with E-state index in [-0.39, 0.29) is 11.9 Å². The number of aromatic nitrogens is 1. The smallest absolute Gasteiger partial charge is 0.318 e. The third-order valence-corrected chi connectivity index (χ3v) is 2.84. The van der Waals surface area contributed by atoms with Crippen LogP contribution in [-0.2, 0) is 11.3 Å². The van der Waals surface area contributed by atoms with Gasteiger partial charge in [-0.05, 0) is 18.1 Å². The number of hydrogen-bond donors (Lipinski definition) is 3. The van der Waals surface area contributed by atoms with Gasteiger partial charge < -0.3 is 10.2 Å².